The van der Waals surface area contributed by atoms with E-state index in [2.05, 4.69) is 11.2 Å². The van der Waals surface area contributed by atoms with Gasteiger partial charge in [-0.25, -0.2) is 0 Å². The number of allylic oxidation sites excluding steroid dienone is 2. The average Bonchev–Trinajstić information content (AvgIpc) is 2.57. The standard InChI is InChI=1S/C19H32N2O3/c1-3-4-5-6-8-11-17(16-18(23)12-15-22)19(24-2)21-14-10-7-9-13-20/h1,11-12,15-16,19,21-23H,4-10,13-14,20H2,2H3/b15-12+,17-11+,18-16+. The first-order valence-electron chi connectivity index (χ1n) is 8.50. The van der Waals surface area contributed by atoms with Gasteiger partial charge in [-0.05, 0) is 56.8 Å². The molecule has 0 aromatic heterocycles. The Morgan fingerprint density at radius 3 is 2.71 bits per heavy atom. The van der Waals surface area contributed by atoms with E-state index in [-0.39, 0.29) is 12.0 Å². The Morgan fingerprint density at radius 2 is 2.08 bits per heavy atom. The fraction of sp³-hybridized carbons (Fsp3) is 0.579. The maximum atomic E-state index is 9.80. The summed E-state index contributed by atoms with van der Waals surface area (Å²) in [7, 11) is 1.62. The van der Waals surface area contributed by atoms with E-state index in [1.54, 1.807) is 13.2 Å². The second-order valence-electron chi connectivity index (χ2n) is 5.46. The maximum Gasteiger partial charge on any atom is 0.133 e. The Labute approximate surface area is 146 Å². The summed E-state index contributed by atoms with van der Waals surface area (Å²) in [6, 6.07) is 0. The zero-order chi connectivity index (χ0) is 18.0. The van der Waals surface area contributed by atoms with E-state index in [0.717, 1.165) is 63.3 Å². The topological polar surface area (TPSA) is 87.7 Å². The second-order valence-corrected chi connectivity index (χ2v) is 5.46. The molecule has 0 amide bonds. The highest BCUT2D eigenvalue weighted by Crippen LogP contribution is 2.12. The van der Waals surface area contributed by atoms with Gasteiger partial charge in [0.25, 0.3) is 0 Å². The number of hydrogen-bond donors (Lipinski definition) is 4. The van der Waals surface area contributed by atoms with Crippen molar-refractivity contribution >= 4 is 0 Å². The quantitative estimate of drug-likeness (QED) is 0.128. The van der Waals surface area contributed by atoms with Gasteiger partial charge < -0.3 is 20.7 Å². The normalized spacial score (nSPS) is 14.0. The number of ether oxygens (including phenoxy) is 1. The van der Waals surface area contributed by atoms with Crippen molar-refractivity contribution in [1.82, 2.24) is 5.32 Å². The lowest BCUT2D eigenvalue weighted by Crippen LogP contribution is -2.33. The number of nitrogens with one attached hydrogen (secondary N) is 1. The van der Waals surface area contributed by atoms with Crippen LogP contribution in [0.5, 0.6) is 0 Å². The van der Waals surface area contributed by atoms with Crippen LogP contribution in [0.3, 0.4) is 0 Å². The lowest BCUT2D eigenvalue weighted by atomic mass is 10.1. The van der Waals surface area contributed by atoms with Crippen LogP contribution < -0.4 is 11.1 Å². The number of rotatable bonds is 14. The molecule has 1 unspecified atom stereocenters. The van der Waals surface area contributed by atoms with Crippen molar-refractivity contribution < 1.29 is 14.9 Å². The predicted molar refractivity (Wildman–Crippen MR) is 99.6 cm³/mol. The average molecular weight is 336 g/mol. The molecule has 0 aliphatic carbocycles. The first-order chi connectivity index (χ1) is 11.7. The van der Waals surface area contributed by atoms with E-state index in [1.165, 1.54) is 6.08 Å². The van der Waals surface area contributed by atoms with Gasteiger partial charge in [0.2, 0.25) is 0 Å². The summed E-state index contributed by atoms with van der Waals surface area (Å²) in [5.74, 6) is 2.60. The van der Waals surface area contributed by atoms with Gasteiger partial charge in [-0.15, -0.1) is 12.3 Å². The molecule has 5 heteroatoms. The highest BCUT2D eigenvalue weighted by atomic mass is 16.5. The molecule has 0 aromatic rings. The zero-order valence-electron chi connectivity index (χ0n) is 14.7. The monoisotopic (exact) mass is 336 g/mol. The third kappa shape index (κ3) is 11.8. The van der Waals surface area contributed by atoms with Gasteiger partial charge in [-0.2, -0.15) is 0 Å². The molecule has 0 radical (unpaired) electrons. The summed E-state index contributed by atoms with van der Waals surface area (Å²) in [5, 5.41) is 21.9. The van der Waals surface area contributed by atoms with Crippen molar-refractivity contribution in [2.45, 2.75) is 51.2 Å². The highest BCUT2D eigenvalue weighted by molar-refractivity contribution is 5.28. The molecule has 0 aliphatic rings. The van der Waals surface area contributed by atoms with Crippen LogP contribution in [-0.2, 0) is 4.74 Å². The molecular formula is C19H32N2O3. The van der Waals surface area contributed by atoms with Crippen LogP contribution in [0.4, 0.5) is 0 Å². The highest BCUT2D eigenvalue weighted by Gasteiger charge is 2.11. The summed E-state index contributed by atoms with van der Waals surface area (Å²) in [6.45, 7) is 1.51. The Morgan fingerprint density at radius 1 is 1.29 bits per heavy atom. The minimum Gasteiger partial charge on any atom is -0.515 e. The molecule has 0 heterocycles. The molecule has 0 aliphatic heterocycles. The van der Waals surface area contributed by atoms with Crippen molar-refractivity contribution in [1.29, 1.82) is 0 Å². The Balaban J connectivity index is 4.75. The molecule has 0 rings (SSSR count). The number of hydrogen-bond acceptors (Lipinski definition) is 5. The third-order valence-corrected chi connectivity index (χ3v) is 3.46. The molecule has 0 saturated heterocycles. The van der Waals surface area contributed by atoms with Crippen LogP contribution in [-0.4, -0.2) is 36.6 Å². The van der Waals surface area contributed by atoms with Crippen molar-refractivity contribution in [3.63, 3.8) is 0 Å². The van der Waals surface area contributed by atoms with Gasteiger partial charge in [0.1, 0.15) is 12.0 Å². The van der Waals surface area contributed by atoms with Crippen LogP contribution in [0.2, 0.25) is 0 Å². The number of nitrogens with two attached hydrogens (primary N) is 1. The van der Waals surface area contributed by atoms with Crippen LogP contribution >= 0.6 is 0 Å². The van der Waals surface area contributed by atoms with Crippen molar-refractivity contribution in [2.75, 3.05) is 20.2 Å². The molecule has 0 aromatic carbocycles. The number of aliphatic hydroxyl groups excluding tert-OH is 2. The molecule has 0 spiro atoms. The minimum atomic E-state index is -0.315. The molecule has 0 bridgehead atoms. The van der Waals surface area contributed by atoms with Crippen LogP contribution in [0.1, 0.15) is 44.9 Å². The second kappa shape index (κ2) is 16.1. The largest absolute Gasteiger partial charge is 0.515 e. The van der Waals surface area contributed by atoms with Crippen molar-refractivity contribution in [2.24, 2.45) is 5.73 Å². The molecule has 136 valence electrons. The van der Waals surface area contributed by atoms with Crippen molar-refractivity contribution in [3.05, 3.63) is 35.8 Å². The zero-order valence-corrected chi connectivity index (χ0v) is 14.7. The molecular weight excluding hydrogens is 304 g/mol. The smallest absolute Gasteiger partial charge is 0.133 e. The summed E-state index contributed by atoms with van der Waals surface area (Å²) >= 11 is 0. The van der Waals surface area contributed by atoms with Gasteiger partial charge in [0.15, 0.2) is 0 Å². The van der Waals surface area contributed by atoms with Crippen molar-refractivity contribution in [3.8, 4) is 12.3 Å². The SMILES string of the molecule is C#CCCCC\C=C(/C=C(O)\C=C\O)C(NCCCCCN)OC. The predicted octanol–water partition coefficient (Wildman–Crippen LogP) is 3.31. The van der Waals surface area contributed by atoms with E-state index in [0.29, 0.717) is 6.54 Å². The van der Waals surface area contributed by atoms with E-state index in [4.69, 9.17) is 22.0 Å². The summed E-state index contributed by atoms with van der Waals surface area (Å²) < 4.78 is 5.50. The Hall–Kier alpha value is -1.74. The van der Waals surface area contributed by atoms with Gasteiger partial charge in [-0.1, -0.05) is 12.5 Å². The minimum absolute atomic E-state index is 0.0284. The van der Waals surface area contributed by atoms with Crippen LogP contribution in [0.25, 0.3) is 0 Å². The van der Waals surface area contributed by atoms with Gasteiger partial charge in [-0.3, -0.25) is 5.32 Å². The van der Waals surface area contributed by atoms with Gasteiger partial charge in [0, 0.05) is 19.6 Å². The third-order valence-electron chi connectivity index (χ3n) is 3.46. The summed E-state index contributed by atoms with van der Waals surface area (Å²) in [5.41, 5.74) is 6.32. The lowest BCUT2D eigenvalue weighted by molar-refractivity contribution is 0.105. The molecule has 1 atom stereocenters. The molecule has 5 N–H and O–H groups in total. The summed E-state index contributed by atoms with van der Waals surface area (Å²) in [4.78, 5) is 0. The number of unbranched alkanes of at least 4 members (excludes halogenated alkanes) is 5. The number of terminal acetylenes is 1. The fourth-order valence-electron chi connectivity index (χ4n) is 2.19. The number of aliphatic hydroxyl groups is 2. The van der Waals surface area contributed by atoms with Crippen LogP contribution in [0, 0.1) is 12.3 Å². The van der Waals surface area contributed by atoms with Crippen LogP contribution in [0.15, 0.2) is 35.8 Å². The Bertz CT molecular complexity index is 436. The molecule has 0 fully saturated rings. The summed E-state index contributed by atoms with van der Waals surface area (Å²) in [6.07, 6.45) is 17.2. The van der Waals surface area contributed by atoms with E-state index in [1.807, 2.05) is 6.08 Å². The fourth-order valence-corrected chi connectivity index (χ4v) is 2.19. The Kier molecular flexibility index (Phi) is 15.0. The van der Waals surface area contributed by atoms with E-state index in [9.17, 15) is 5.11 Å². The molecule has 5 nitrogen and oxygen atoms in total. The van der Waals surface area contributed by atoms with Gasteiger partial charge in [0.05, 0.1) is 6.26 Å². The van der Waals surface area contributed by atoms with E-state index < -0.39 is 0 Å². The lowest BCUT2D eigenvalue weighted by Gasteiger charge is -2.19. The van der Waals surface area contributed by atoms with Gasteiger partial charge >= 0.3 is 0 Å². The first-order valence-corrected chi connectivity index (χ1v) is 8.50. The molecule has 0 saturated carbocycles. The maximum absolute atomic E-state index is 9.80. The molecule has 24 heavy (non-hydrogen) atoms. The van der Waals surface area contributed by atoms with E-state index >= 15 is 0 Å². The first kappa shape index (κ1) is 22.3. The number of methoxy groups -OCH3 is 1.